The second kappa shape index (κ2) is 15.7. The highest BCUT2D eigenvalue weighted by atomic mass is 16.3. The standard InChI is InChI=1S/C31H50N2O6/c1-20(2)15-27(35)30(38)25(17-21-9-5-3-6-10-21)33-31(39)24(16-22-13-14-22)18-28(36)32-26(19-34)29(37)23-11-7-4-8-12-23/h4,7-8,11-12,20-22,24-27,29-30,34-35,37-38H,3,5-6,9-10,13-19H2,1-2H3,(H,32,36)(H,33,39)/t24-,25+,26+,27+,29+,30-/m1/s1. The molecule has 0 spiro atoms. The van der Waals surface area contributed by atoms with Crippen LogP contribution in [0.5, 0.6) is 0 Å². The summed E-state index contributed by atoms with van der Waals surface area (Å²) < 4.78 is 0. The van der Waals surface area contributed by atoms with Crippen LogP contribution in [0.3, 0.4) is 0 Å². The van der Waals surface area contributed by atoms with Gasteiger partial charge < -0.3 is 31.1 Å². The predicted molar refractivity (Wildman–Crippen MR) is 150 cm³/mol. The number of rotatable bonds is 16. The number of hydrogen-bond acceptors (Lipinski definition) is 6. The fraction of sp³-hybridized carbons (Fsp3) is 0.742. The molecule has 0 saturated heterocycles. The van der Waals surface area contributed by atoms with Crippen molar-refractivity contribution in [3.05, 3.63) is 35.9 Å². The maximum atomic E-state index is 13.6. The fourth-order valence-electron chi connectivity index (χ4n) is 5.89. The molecular formula is C31H50N2O6. The van der Waals surface area contributed by atoms with E-state index in [1.807, 2.05) is 19.9 Å². The molecule has 8 nitrogen and oxygen atoms in total. The summed E-state index contributed by atoms with van der Waals surface area (Å²) in [6.45, 7) is 3.54. The third-order valence-electron chi connectivity index (χ3n) is 8.34. The van der Waals surface area contributed by atoms with E-state index >= 15 is 0 Å². The molecule has 0 aromatic heterocycles. The van der Waals surface area contributed by atoms with E-state index in [4.69, 9.17) is 0 Å². The third kappa shape index (κ3) is 10.5. The van der Waals surface area contributed by atoms with Gasteiger partial charge in [0.05, 0.1) is 24.8 Å². The molecule has 1 aromatic rings. The van der Waals surface area contributed by atoms with Crippen LogP contribution in [-0.4, -0.2) is 63.1 Å². The van der Waals surface area contributed by atoms with E-state index in [0.717, 1.165) is 38.5 Å². The van der Waals surface area contributed by atoms with E-state index in [1.165, 1.54) is 6.42 Å². The second-order valence-corrected chi connectivity index (χ2v) is 12.3. The smallest absolute Gasteiger partial charge is 0.223 e. The van der Waals surface area contributed by atoms with Gasteiger partial charge in [0.1, 0.15) is 12.2 Å². The van der Waals surface area contributed by atoms with Gasteiger partial charge in [-0.2, -0.15) is 0 Å². The van der Waals surface area contributed by atoms with E-state index < -0.39 is 48.8 Å². The molecule has 6 N–H and O–H groups in total. The van der Waals surface area contributed by atoms with E-state index in [-0.39, 0.29) is 18.2 Å². The Kier molecular flexibility index (Phi) is 12.7. The maximum absolute atomic E-state index is 13.6. The molecule has 6 atom stereocenters. The molecule has 8 heteroatoms. The summed E-state index contributed by atoms with van der Waals surface area (Å²) in [5.41, 5.74) is 0.587. The van der Waals surface area contributed by atoms with Crippen molar-refractivity contribution in [3.63, 3.8) is 0 Å². The third-order valence-corrected chi connectivity index (χ3v) is 8.34. The molecule has 39 heavy (non-hydrogen) atoms. The van der Waals surface area contributed by atoms with Crippen LogP contribution in [0.1, 0.15) is 96.1 Å². The molecule has 0 unspecified atom stereocenters. The molecule has 0 heterocycles. The van der Waals surface area contributed by atoms with Gasteiger partial charge in [-0.1, -0.05) is 89.1 Å². The molecule has 2 aliphatic carbocycles. The fourth-order valence-corrected chi connectivity index (χ4v) is 5.89. The molecule has 2 aliphatic rings. The lowest BCUT2D eigenvalue weighted by Crippen LogP contribution is -2.52. The van der Waals surface area contributed by atoms with Crippen LogP contribution in [0.25, 0.3) is 0 Å². The van der Waals surface area contributed by atoms with E-state index in [9.17, 15) is 30.0 Å². The minimum Gasteiger partial charge on any atom is -0.394 e. The minimum atomic E-state index is -1.08. The number of carbonyl (C=O) groups is 2. The minimum absolute atomic E-state index is 0.0683. The Morgan fingerprint density at radius 3 is 2.10 bits per heavy atom. The Morgan fingerprint density at radius 2 is 1.51 bits per heavy atom. The summed E-state index contributed by atoms with van der Waals surface area (Å²) in [7, 11) is 0. The molecular weight excluding hydrogens is 496 g/mol. The van der Waals surface area contributed by atoms with Crippen LogP contribution in [0.2, 0.25) is 0 Å². The molecule has 2 saturated carbocycles. The van der Waals surface area contributed by atoms with Crippen molar-refractivity contribution >= 4 is 11.8 Å². The molecule has 2 fully saturated rings. The highest BCUT2D eigenvalue weighted by molar-refractivity contribution is 5.86. The normalized spacial score (nSPS) is 21.0. The zero-order valence-electron chi connectivity index (χ0n) is 23.7. The summed E-state index contributed by atoms with van der Waals surface area (Å²) in [6.07, 6.45) is 6.12. The molecule has 2 amide bonds. The van der Waals surface area contributed by atoms with Crippen molar-refractivity contribution in [1.82, 2.24) is 10.6 Å². The van der Waals surface area contributed by atoms with Crippen molar-refractivity contribution < 1.29 is 30.0 Å². The van der Waals surface area contributed by atoms with Gasteiger partial charge in [0.25, 0.3) is 0 Å². The molecule has 3 rings (SSSR count). The molecule has 220 valence electrons. The van der Waals surface area contributed by atoms with Crippen molar-refractivity contribution in [2.45, 2.75) is 115 Å². The molecule has 0 bridgehead atoms. The highest BCUT2D eigenvalue weighted by Gasteiger charge is 2.36. The average Bonchev–Trinajstić information content (AvgIpc) is 3.75. The first-order valence-electron chi connectivity index (χ1n) is 15.0. The number of aliphatic hydroxyl groups excluding tert-OH is 4. The Bertz CT molecular complexity index is 871. The van der Waals surface area contributed by atoms with Crippen molar-refractivity contribution in [3.8, 4) is 0 Å². The Hall–Kier alpha value is -2.00. The monoisotopic (exact) mass is 546 g/mol. The van der Waals surface area contributed by atoms with E-state index in [0.29, 0.717) is 36.7 Å². The second-order valence-electron chi connectivity index (χ2n) is 12.3. The summed E-state index contributed by atoms with van der Waals surface area (Å²) in [5.74, 6) is -0.288. The SMILES string of the molecule is CC(C)C[C@H](O)[C@H](O)[C@H](CC1CCCCC1)NC(=O)[C@@H](CC(=O)N[C@@H](CO)[C@@H](O)c1ccccc1)CC1CC1. The van der Waals surface area contributed by atoms with Crippen LogP contribution in [0.15, 0.2) is 30.3 Å². The Labute approximate surface area is 233 Å². The van der Waals surface area contributed by atoms with Crippen molar-refractivity contribution in [1.29, 1.82) is 0 Å². The molecule has 0 aliphatic heterocycles. The number of aliphatic hydroxyl groups is 4. The molecule has 0 radical (unpaired) electrons. The topological polar surface area (TPSA) is 139 Å². The maximum Gasteiger partial charge on any atom is 0.223 e. The first-order chi connectivity index (χ1) is 18.7. The van der Waals surface area contributed by atoms with Crippen LogP contribution in [0.4, 0.5) is 0 Å². The summed E-state index contributed by atoms with van der Waals surface area (Å²) in [4.78, 5) is 26.6. The van der Waals surface area contributed by atoms with Gasteiger partial charge >= 0.3 is 0 Å². The zero-order chi connectivity index (χ0) is 28.4. The lowest BCUT2D eigenvalue weighted by atomic mass is 9.82. The quantitative estimate of drug-likeness (QED) is 0.188. The van der Waals surface area contributed by atoms with E-state index in [2.05, 4.69) is 10.6 Å². The van der Waals surface area contributed by atoms with Crippen molar-refractivity contribution in [2.24, 2.45) is 23.7 Å². The van der Waals surface area contributed by atoms with Gasteiger partial charge in [0, 0.05) is 12.3 Å². The summed E-state index contributed by atoms with van der Waals surface area (Å²) in [5, 5.41) is 48.1. The van der Waals surface area contributed by atoms with Gasteiger partial charge in [-0.25, -0.2) is 0 Å². The number of benzene rings is 1. The lowest BCUT2D eigenvalue weighted by Gasteiger charge is -2.33. The van der Waals surface area contributed by atoms with Crippen LogP contribution in [0, 0.1) is 23.7 Å². The first-order valence-corrected chi connectivity index (χ1v) is 15.0. The zero-order valence-corrected chi connectivity index (χ0v) is 23.7. The van der Waals surface area contributed by atoms with Crippen molar-refractivity contribution in [2.75, 3.05) is 6.61 Å². The van der Waals surface area contributed by atoms with Gasteiger partial charge in [-0.3, -0.25) is 9.59 Å². The summed E-state index contributed by atoms with van der Waals surface area (Å²) in [6, 6.07) is 7.37. The Balaban J connectivity index is 1.66. The number of hydrogen-bond donors (Lipinski definition) is 6. The average molecular weight is 547 g/mol. The highest BCUT2D eigenvalue weighted by Crippen LogP contribution is 2.37. The van der Waals surface area contributed by atoms with Crippen LogP contribution < -0.4 is 10.6 Å². The van der Waals surface area contributed by atoms with Gasteiger partial charge in [-0.05, 0) is 42.6 Å². The Morgan fingerprint density at radius 1 is 0.872 bits per heavy atom. The predicted octanol–water partition coefficient (Wildman–Crippen LogP) is 3.23. The molecule has 1 aromatic carbocycles. The van der Waals surface area contributed by atoms with E-state index in [1.54, 1.807) is 24.3 Å². The van der Waals surface area contributed by atoms with Crippen LogP contribution in [-0.2, 0) is 9.59 Å². The number of amides is 2. The summed E-state index contributed by atoms with van der Waals surface area (Å²) >= 11 is 0. The van der Waals surface area contributed by atoms with Gasteiger partial charge in [0.2, 0.25) is 11.8 Å². The van der Waals surface area contributed by atoms with Crippen LogP contribution >= 0.6 is 0 Å². The lowest BCUT2D eigenvalue weighted by molar-refractivity contribution is -0.133. The largest absolute Gasteiger partial charge is 0.394 e. The number of nitrogens with one attached hydrogen (secondary N) is 2. The number of carbonyl (C=O) groups excluding carboxylic acids is 2. The van der Waals surface area contributed by atoms with Gasteiger partial charge in [-0.15, -0.1) is 0 Å². The first kappa shape index (κ1) is 31.5. The van der Waals surface area contributed by atoms with Gasteiger partial charge in [0.15, 0.2) is 0 Å².